The highest BCUT2D eigenvalue weighted by Crippen LogP contribution is 2.46. The van der Waals surface area contributed by atoms with E-state index in [1.807, 2.05) is 0 Å². The summed E-state index contributed by atoms with van der Waals surface area (Å²) < 4.78 is 37.5. The van der Waals surface area contributed by atoms with Gasteiger partial charge >= 0.3 is 5.51 Å². The molecule has 4 rings (SSSR count). The summed E-state index contributed by atoms with van der Waals surface area (Å²) in [6.07, 6.45) is 4.12. The second-order valence-electron chi connectivity index (χ2n) is 7.48. The van der Waals surface area contributed by atoms with Gasteiger partial charge in [-0.3, -0.25) is 9.59 Å². The number of alkyl halides is 3. The Balaban J connectivity index is 1.51. The van der Waals surface area contributed by atoms with Crippen molar-refractivity contribution < 1.29 is 18.0 Å². The van der Waals surface area contributed by atoms with Crippen LogP contribution >= 0.6 is 11.8 Å². The molecule has 2 aliphatic carbocycles. The van der Waals surface area contributed by atoms with Crippen LogP contribution < -0.4 is 5.56 Å². The predicted molar refractivity (Wildman–Crippen MR) is 99.6 cm³/mol. The van der Waals surface area contributed by atoms with Crippen molar-refractivity contribution in [3.63, 3.8) is 0 Å². The van der Waals surface area contributed by atoms with Crippen LogP contribution in [0.25, 0.3) is 0 Å². The predicted octanol–water partition coefficient (Wildman–Crippen LogP) is 5.03. The first-order valence-electron chi connectivity index (χ1n) is 9.28. The zero-order chi connectivity index (χ0) is 19.9. The summed E-state index contributed by atoms with van der Waals surface area (Å²) in [6.45, 7) is 0. The highest BCUT2D eigenvalue weighted by atomic mass is 32.2. The van der Waals surface area contributed by atoms with E-state index in [2.05, 4.69) is 9.97 Å². The normalized spacial score (nSPS) is 18.1. The second kappa shape index (κ2) is 7.39. The third kappa shape index (κ3) is 4.84. The lowest BCUT2D eigenvalue weighted by atomic mass is 9.88. The van der Waals surface area contributed by atoms with Gasteiger partial charge in [-0.15, -0.1) is 0 Å². The average molecular weight is 408 g/mol. The van der Waals surface area contributed by atoms with Gasteiger partial charge in [0.1, 0.15) is 11.5 Å². The molecular formula is C20H19F3N2O2S. The molecule has 0 unspecified atom stereocenters. The quantitative estimate of drug-likeness (QED) is 0.516. The smallest absolute Gasteiger partial charge is 0.310 e. The summed E-state index contributed by atoms with van der Waals surface area (Å²) in [4.78, 5) is 31.8. The Hall–Kier alpha value is -2.09. The molecule has 1 heterocycles. The molecule has 148 valence electrons. The van der Waals surface area contributed by atoms with Gasteiger partial charge in [-0.1, -0.05) is 12.1 Å². The molecule has 0 radical (unpaired) electrons. The fraction of sp³-hybridized carbons (Fsp3) is 0.450. The number of nitrogens with one attached hydrogen (secondary N) is 1. The maximum atomic E-state index is 12.8. The molecule has 4 nitrogen and oxygen atoms in total. The minimum atomic E-state index is -4.32. The SMILES string of the molecule is O=C(C[C@@H](c1ccc(SC(F)(F)F)cc1)C1CC1)c1cc(=O)[nH]c(C2CC2)n1. The molecule has 8 heteroatoms. The van der Waals surface area contributed by atoms with Crippen LogP contribution in [-0.4, -0.2) is 21.3 Å². The topological polar surface area (TPSA) is 62.8 Å². The zero-order valence-corrected chi connectivity index (χ0v) is 15.8. The number of hydrogen-bond acceptors (Lipinski definition) is 4. The molecule has 0 bridgehead atoms. The van der Waals surface area contributed by atoms with Crippen LogP contribution in [0.2, 0.25) is 0 Å². The van der Waals surface area contributed by atoms with Gasteiger partial charge in [-0.25, -0.2) is 4.98 Å². The molecule has 1 aromatic carbocycles. The number of ketones is 1. The lowest BCUT2D eigenvalue weighted by molar-refractivity contribution is -0.0328. The van der Waals surface area contributed by atoms with Gasteiger partial charge in [0.05, 0.1) is 0 Å². The first-order valence-corrected chi connectivity index (χ1v) is 10.1. The van der Waals surface area contributed by atoms with E-state index in [1.165, 1.54) is 18.2 Å². The summed E-state index contributed by atoms with van der Waals surface area (Å²) in [5.74, 6) is 0.891. The van der Waals surface area contributed by atoms with Crippen molar-refractivity contribution in [3.8, 4) is 0 Å². The first kappa shape index (κ1) is 19.2. The highest BCUT2D eigenvalue weighted by Gasteiger charge is 2.35. The van der Waals surface area contributed by atoms with E-state index in [4.69, 9.17) is 0 Å². The maximum Gasteiger partial charge on any atom is 0.446 e. The number of carbonyl (C=O) groups is 1. The summed E-state index contributed by atoms with van der Waals surface area (Å²) in [6, 6.07) is 7.48. The van der Waals surface area contributed by atoms with Crippen molar-refractivity contribution in [2.45, 2.75) is 54.3 Å². The molecule has 0 spiro atoms. The molecule has 28 heavy (non-hydrogen) atoms. The van der Waals surface area contributed by atoms with Gasteiger partial charge in [-0.2, -0.15) is 13.2 Å². The van der Waals surface area contributed by atoms with Gasteiger partial charge < -0.3 is 4.98 Å². The van der Waals surface area contributed by atoms with Crippen LogP contribution in [0.4, 0.5) is 13.2 Å². The second-order valence-corrected chi connectivity index (χ2v) is 8.62. The molecule has 0 saturated heterocycles. The number of nitrogens with zero attached hydrogens (tertiary/aromatic N) is 1. The van der Waals surface area contributed by atoms with E-state index in [9.17, 15) is 22.8 Å². The van der Waals surface area contributed by atoms with Gasteiger partial charge in [-0.05, 0) is 67.0 Å². The summed E-state index contributed by atoms with van der Waals surface area (Å²) in [7, 11) is 0. The van der Waals surface area contributed by atoms with Crippen LogP contribution in [0.5, 0.6) is 0 Å². The monoisotopic (exact) mass is 408 g/mol. The minimum absolute atomic E-state index is 0.0668. The zero-order valence-electron chi connectivity index (χ0n) is 15.0. The van der Waals surface area contributed by atoms with E-state index in [-0.39, 0.29) is 52.0 Å². The average Bonchev–Trinajstić information content (AvgIpc) is 3.52. The Morgan fingerprint density at radius 2 is 1.86 bits per heavy atom. The Morgan fingerprint density at radius 1 is 1.18 bits per heavy atom. The number of aromatic amines is 1. The van der Waals surface area contributed by atoms with Gasteiger partial charge in [0.2, 0.25) is 0 Å². The highest BCUT2D eigenvalue weighted by molar-refractivity contribution is 8.00. The number of thioether (sulfide) groups is 1. The summed E-state index contributed by atoms with van der Waals surface area (Å²) in [5, 5.41) is 0. The third-order valence-corrected chi connectivity index (χ3v) is 5.89. The lowest BCUT2D eigenvalue weighted by Crippen LogP contribution is -2.17. The van der Waals surface area contributed by atoms with Gasteiger partial charge in [0.25, 0.3) is 5.56 Å². The van der Waals surface area contributed by atoms with E-state index in [0.717, 1.165) is 31.2 Å². The number of aromatic nitrogens is 2. The van der Waals surface area contributed by atoms with Crippen LogP contribution in [-0.2, 0) is 0 Å². The van der Waals surface area contributed by atoms with Crippen LogP contribution in [0.15, 0.2) is 40.0 Å². The fourth-order valence-corrected chi connectivity index (χ4v) is 3.99. The minimum Gasteiger partial charge on any atom is -0.310 e. The van der Waals surface area contributed by atoms with Crippen molar-refractivity contribution >= 4 is 17.5 Å². The molecule has 1 atom stereocenters. The number of benzene rings is 1. The molecule has 0 amide bonds. The molecule has 2 fully saturated rings. The number of hydrogen-bond donors (Lipinski definition) is 1. The van der Waals surface area contributed by atoms with E-state index >= 15 is 0 Å². The molecule has 1 aromatic heterocycles. The molecular weight excluding hydrogens is 389 g/mol. The number of Topliss-reactive ketones (excluding diaryl/α,β-unsaturated/α-hetero) is 1. The Morgan fingerprint density at radius 3 is 2.43 bits per heavy atom. The number of carbonyl (C=O) groups excluding carboxylic acids is 1. The van der Waals surface area contributed by atoms with Gasteiger partial charge in [0.15, 0.2) is 5.78 Å². The number of H-pyrrole nitrogens is 1. The largest absolute Gasteiger partial charge is 0.446 e. The van der Waals surface area contributed by atoms with Gasteiger partial charge in [0, 0.05) is 23.3 Å². The summed E-state index contributed by atoms with van der Waals surface area (Å²) >= 11 is -0.147. The molecule has 2 aliphatic rings. The standard InChI is InChI=1S/C20H19F3N2O2S/c21-20(22,23)28-14-7-5-12(6-8-14)15(11-1-2-11)9-17(26)16-10-18(27)25-19(24-16)13-3-4-13/h5-8,10-11,13,15H,1-4,9H2,(H,24,25,27)/t15-/m1/s1. The van der Waals surface area contributed by atoms with E-state index < -0.39 is 5.51 Å². The Bertz CT molecular complexity index is 932. The van der Waals surface area contributed by atoms with Crippen LogP contribution in [0, 0.1) is 5.92 Å². The van der Waals surface area contributed by atoms with Crippen molar-refractivity contribution in [3.05, 3.63) is 57.8 Å². The molecule has 2 saturated carbocycles. The van der Waals surface area contributed by atoms with Crippen LogP contribution in [0.3, 0.4) is 0 Å². The third-order valence-electron chi connectivity index (χ3n) is 5.15. The Labute approximate surface area is 164 Å². The lowest BCUT2D eigenvalue weighted by Gasteiger charge is -2.17. The molecule has 0 aliphatic heterocycles. The Kier molecular flexibility index (Phi) is 5.07. The fourth-order valence-electron chi connectivity index (χ4n) is 3.45. The maximum absolute atomic E-state index is 12.8. The van der Waals surface area contributed by atoms with E-state index in [0.29, 0.717) is 11.7 Å². The number of halogens is 3. The van der Waals surface area contributed by atoms with Crippen molar-refractivity contribution in [2.24, 2.45) is 5.92 Å². The van der Waals surface area contributed by atoms with Crippen molar-refractivity contribution in [1.82, 2.24) is 9.97 Å². The molecule has 1 N–H and O–H groups in total. The number of rotatable bonds is 7. The van der Waals surface area contributed by atoms with E-state index in [1.54, 1.807) is 12.1 Å². The first-order chi connectivity index (χ1) is 13.3. The van der Waals surface area contributed by atoms with Crippen molar-refractivity contribution in [1.29, 1.82) is 0 Å². The van der Waals surface area contributed by atoms with Crippen LogP contribution in [0.1, 0.15) is 65.8 Å². The van der Waals surface area contributed by atoms with Crippen molar-refractivity contribution in [2.75, 3.05) is 0 Å². The summed E-state index contributed by atoms with van der Waals surface area (Å²) in [5.41, 5.74) is -3.61. The molecule has 2 aromatic rings.